The van der Waals surface area contributed by atoms with Gasteiger partial charge in [0.25, 0.3) is 0 Å². The highest BCUT2D eigenvalue weighted by atomic mass is 79.9. The first-order chi connectivity index (χ1) is 9.22. The highest BCUT2D eigenvalue weighted by Crippen LogP contribution is 2.18. The van der Waals surface area contributed by atoms with Crippen molar-refractivity contribution in [3.8, 4) is 0 Å². The molecule has 0 bridgehead atoms. The van der Waals surface area contributed by atoms with E-state index in [4.69, 9.17) is 11.6 Å². The first-order valence-corrected chi connectivity index (χ1v) is 7.13. The number of aryl methyl sites for hydroxylation is 2. The highest BCUT2D eigenvalue weighted by Gasteiger charge is 2.06. The number of aromatic amines is 1. The maximum absolute atomic E-state index is 6.14. The monoisotopic (exact) mass is 335 g/mol. The Hall–Kier alpha value is -1.39. The maximum atomic E-state index is 6.14. The Morgan fingerprint density at radius 2 is 2.05 bits per heavy atom. The standard InChI is InChI=1S/C14H11BrClN3/c15-10-7-12-14(17-8-10)19-13(18-12)6-5-9-3-1-2-4-11(9)16/h1-4,7-8H,5-6H2,(H,17,18,19). The molecule has 0 amide bonds. The second-order valence-electron chi connectivity index (χ2n) is 4.30. The molecule has 1 aromatic carbocycles. The van der Waals surface area contributed by atoms with Crippen LogP contribution in [0.15, 0.2) is 41.0 Å². The fraction of sp³-hybridized carbons (Fsp3) is 0.143. The molecule has 0 aliphatic heterocycles. The van der Waals surface area contributed by atoms with Crippen LogP contribution in [0.1, 0.15) is 11.4 Å². The summed E-state index contributed by atoms with van der Waals surface area (Å²) in [5.41, 5.74) is 2.83. The molecule has 0 saturated carbocycles. The SMILES string of the molecule is Clc1ccccc1CCc1nc2ncc(Br)cc2[nH]1. The van der Waals surface area contributed by atoms with Gasteiger partial charge < -0.3 is 4.98 Å². The van der Waals surface area contributed by atoms with Gasteiger partial charge in [-0.3, -0.25) is 0 Å². The van der Waals surface area contributed by atoms with Crippen LogP contribution < -0.4 is 0 Å². The molecule has 3 aromatic rings. The van der Waals surface area contributed by atoms with E-state index in [1.54, 1.807) is 6.20 Å². The van der Waals surface area contributed by atoms with Crippen LogP contribution in [0.25, 0.3) is 11.2 Å². The molecule has 96 valence electrons. The van der Waals surface area contributed by atoms with E-state index in [0.717, 1.165) is 44.9 Å². The summed E-state index contributed by atoms with van der Waals surface area (Å²) in [7, 11) is 0. The zero-order valence-corrected chi connectivity index (χ0v) is 12.4. The molecular weight excluding hydrogens is 326 g/mol. The highest BCUT2D eigenvalue weighted by molar-refractivity contribution is 9.10. The van der Waals surface area contributed by atoms with E-state index in [0.29, 0.717) is 0 Å². The van der Waals surface area contributed by atoms with Gasteiger partial charge in [-0.05, 0) is 40.0 Å². The van der Waals surface area contributed by atoms with Gasteiger partial charge in [0, 0.05) is 22.1 Å². The number of fused-ring (bicyclic) bond motifs is 1. The minimum atomic E-state index is 0.748. The molecule has 19 heavy (non-hydrogen) atoms. The number of pyridine rings is 1. The zero-order valence-electron chi connectivity index (χ0n) is 10.0. The van der Waals surface area contributed by atoms with Crippen LogP contribution >= 0.6 is 27.5 Å². The summed E-state index contributed by atoms with van der Waals surface area (Å²) in [5, 5.41) is 0.805. The van der Waals surface area contributed by atoms with Crippen molar-refractivity contribution in [2.24, 2.45) is 0 Å². The van der Waals surface area contributed by atoms with E-state index < -0.39 is 0 Å². The number of H-pyrrole nitrogens is 1. The normalized spacial score (nSPS) is 11.1. The number of benzene rings is 1. The molecule has 0 aliphatic rings. The van der Waals surface area contributed by atoms with Crippen LogP contribution in [0.2, 0.25) is 5.02 Å². The summed E-state index contributed by atoms with van der Waals surface area (Å²) >= 11 is 9.54. The quantitative estimate of drug-likeness (QED) is 0.780. The average Bonchev–Trinajstić information content (AvgIpc) is 2.79. The van der Waals surface area contributed by atoms with Crippen LogP contribution in [-0.4, -0.2) is 15.0 Å². The van der Waals surface area contributed by atoms with E-state index in [9.17, 15) is 0 Å². The Labute approximate surface area is 124 Å². The maximum Gasteiger partial charge on any atom is 0.177 e. The number of hydrogen-bond donors (Lipinski definition) is 1. The summed E-state index contributed by atoms with van der Waals surface area (Å²) in [4.78, 5) is 12.0. The van der Waals surface area contributed by atoms with E-state index in [2.05, 4.69) is 30.9 Å². The molecule has 0 fully saturated rings. The lowest BCUT2D eigenvalue weighted by Crippen LogP contribution is -1.94. The third-order valence-electron chi connectivity index (χ3n) is 2.94. The number of hydrogen-bond acceptors (Lipinski definition) is 2. The van der Waals surface area contributed by atoms with Crippen LogP contribution in [0.5, 0.6) is 0 Å². The summed E-state index contributed by atoms with van der Waals surface area (Å²) in [6, 6.07) is 9.87. The van der Waals surface area contributed by atoms with Gasteiger partial charge in [0.15, 0.2) is 5.65 Å². The van der Waals surface area contributed by atoms with Gasteiger partial charge in [-0.15, -0.1) is 0 Å². The second-order valence-corrected chi connectivity index (χ2v) is 5.62. The van der Waals surface area contributed by atoms with Gasteiger partial charge in [0.2, 0.25) is 0 Å². The van der Waals surface area contributed by atoms with Gasteiger partial charge in [-0.25, -0.2) is 9.97 Å². The third kappa shape index (κ3) is 2.80. The number of nitrogens with zero attached hydrogens (tertiary/aromatic N) is 2. The molecule has 2 aromatic heterocycles. The summed E-state index contributed by atoms with van der Waals surface area (Å²) in [6.07, 6.45) is 3.43. The lowest BCUT2D eigenvalue weighted by atomic mass is 10.1. The fourth-order valence-corrected chi connectivity index (χ4v) is 2.56. The predicted octanol–water partition coefficient (Wildman–Crippen LogP) is 4.16. The van der Waals surface area contributed by atoms with Crippen molar-refractivity contribution in [1.82, 2.24) is 15.0 Å². The zero-order chi connectivity index (χ0) is 13.2. The van der Waals surface area contributed by atoms with Gasteiger partial charge in [-0.2, -0.15) is 0 Å². The number of halogens is 2. The number of imidazole rings is 1. The number of nitrogens with one attached hydrogen (secondary N) is 1. The summed E-state index contributed by atoms with van der Waals surface area (Å²) in [6.45, 7) is 0. The van der Waals surface area contributed by atoms with E-state index in [1.807, 2.05) is 30.3 Å². The number of aromatic nitrogens is 3. The van der Waals surface area contributed by atoms with Crippen LogP contribution in [0.3, 0.4) is 0 Å². The molecule has 3 rings (SSSR count). The van der Waals surface area contributed by atoms with Crippen LogP contribution in [-0.2, 0) is 12.8 Å². The number of rotatable bonds is 3. The van der Waals surface area contributed by atoms with Gasteiger partial charge in [0.05, 0.1) is 5.52 Å². The Morgan fingerprint density at radius 1 is 1.21 bits per heavy atom. The average molecular weight is 337 g/mol. The first kappa shape index (κ1) is 12.6. The minimum Gasteiger partial charge on any atom is -0.341 e. The lowest BCUT2D eigenvalue weighted by Gasteiger charge is -2.01. The second kappa shape index (κ2) is 5.31. The fourth-order valence-electron chi connectivity index (χ4n) is 2.00. The summed E-state index contributed by atoms with van der Waals surface area (Å²) in [5.74, 6) is 0.931. The van der Waals surface area contributed by atoms with Crippen molar-refractivity contribution < 1.29 is 0 Å². The molecule has 0 unspecified atom stereocenters. The van der Waals surface area contributed by atoms with E-state index >= 15 is 0 Å². The van der Waals surface area contributed by atoms with Crippen LogP contribution in [0, 0.1) is 0 Å². The van der Waals surface area contributed by atoms with E-state index in [-0.39, 0.29) is 0 Å². The third-order valence-corrected chi connectivity index (χ3v) is 3.74. The predicted molar refractivity (Wildman–Crippen MR) is 80.4 cm³/mol. The molecule has 0 atom stereocenters. The molecule has 0 aliphatic carbocycles. The van der Waals surface area contributed by atoms with Crippen molar-refractivity contribution in [3.63, 3.8) is 0 Å². The van der Waals surface area contributed by atoms with Crippen molar-refractivity contribution >= 4 is 38.7 Å². The largest absolute Gasteiger partial charge is 0.341 e. The first-order valence-electron chi connectivity index (χ1n) is 5.96. The molecule has 0 radical (unpaired) electrons. The Kier molecular flexibility index (Phi) is 3.53. The molecular formula is C14H11BrClN3. The molecule has 1 N–H and O–H groups in total. The van der Waals surface area contributed by atoms with Gasteiger partial charge >= 0.3 is 0 Å². The Morgan fingerprint density at radius 3 is 2.89 bits per heavy atom. The Bertz CT molecular complexity index is 724. The summed E-state index contributed by atoms with van der Waals surface area (Å²) < 4.78 is 0.946. The smallest absolute Gasteiger partial charge is 0.177 e. The van der Waals surface area contributed by atoms with Crippen molar-refractivity contribution in [1.29, 1.82) is 0 Å². The molecule has 0 spiro atoms. The van der Waals surface area contributed by atoms with Gasteiger partial charge in [-0.1, -0.05) is 29.8 Å². The van der Waals surface area contributed by atoms with E-state index in [1.165, 1.54) is 0 Å². The molecule has 2 heterocycles. The van der Waals surface area contributed by atoms with Crippen LogP contribution in [0.4, 0.5) is 0 Å². The molecule has 0 saturated heterocycles. The van der Waals surface area contributed by atoms with Gasteiger partial charge in [0.1, 0.15) is 5.82 Å². The molecule has 3 nitrogen and oxygen atoms in total. The van der Waals surface area contributed by atoms with Crippen molar-refractivity contribution in [2.75, 3.05) is 0 Å². The minimum absolute atomic E-state index is 0.748. The lowest BCUT2D eigenvalue weighted by molar-refractivity contribution is 0.889. The Balaban J connectivity index is 1.80. The van der Waals surface area contributed by atoms with Crippen molar-refractivity contribution in [2.45, 2.75) is 12.8 Å². The van der Waals surface area contributed by atoms with Crippen molar-refractivity contribution in [3.05, 3.63) is 57.4 Å². The molecule has 5 heteroatoms. The topological polar surface area (TPSA) is 41.6 Å².